The Morgan fingerprint density at radius 1 is 1.00 bits per heavy atom. The fourth-order valence-electron chi connectivity index (χ4n) is 8.35. The van der Waals surface area contributed by atoms with Crippen LogP contribution in [0.4, 0.5) is 0 Å². The molecule has 10 atom stereocenters. The van der Waals surface area contributed by atoms with Gasteiger partial charge in [-0.05, 0) is 93.3 Å². The van der Waals surface area contributed by atoms with Crippen molar-refractivity contribution in [2.75, 3.05) is 7.11 Å². The summed E-state index contributed by atoms with van der Waals surface area (Å²) in [6, 6.07) is 0. The minimum atomic E-state index is -0.235. The average Bonchev–Trinajstić information content (AvgIpc) is 2.93. The van der Waals surface area contributed by atoms with Gasteiger partial charge >= 0.3 is 0 Å². The van der Waals surface area contributed by atoms with Gasteiger partial charge in [-0.2, -0.15) is 0 Å². The molecule has 25 heavy (non-hydrogen) atoms. The summed E-state index contributed by atoms with van der Waals surface area (Å²) in [4.78, 5) is 0. The monoisotopic (exact) mass is 350 g/mol. The van der Waals surface area contributed by atoms with Gasteiger partial charge in [0, 0.05) is 12.5 Å². The summed E-state index contributed by atoms with van der Waals surface area (Å²) < 4.78 is 6.12. The Balaban J connectivity index is 1.67. The summed E-state index contributed by atoms with van der Waals surface area (Å²) >= 11 is 0. The number of aliphatic hydroxyl groups excluding tert-OH is 2. The summed E-state index contributed by atoms with van der Waals surface area (Å²) in [5.41, 5.74) is 0.505. The van der Waals surface area contributed by atoms with Crippen molar-refractivity contribution in [3.05, 3.63) is 0 Å². The van der Waals surface area contributed by atoms with Crippen molar-refractivity contribution >= 4 is 0 Å². The zero-order valence-electron chi connectivity index (χ0n) is 16.6. The third-order valence-electron chi connectivity index (χ3n) is 9.65. The molecule has 3 heteroatoms. The van der Waals surface area contributed by atoms with Gasteiger partial charge in [-0.15, -0.1) is 0 Å². The molecular weight excluding hydrogens is 312 g/mol. The first-order valence-electron chi connectivity index (χ1n) is 10.7. The maximum atomic E-state index is 10.4. The summed E-state index contributed by atoms with van der Waals surface area (Å²) in [6.45, 7) is 6.93. The van der Waals surface area contributed by atoms with E-state index in [-0.39, 0.29) is 23.7 Å². The van der Waals surface area contributed by atoms with E-state index >= 15 is 0 Å². The van der Waals surface area contributed by atoms with E-state index in [4.69, 9.17) is 4.74 Å². The number of aliphatic hydroxyl groups is 2. The molecule has 0 bridgehead atoms. The van der Waals surface area contributed by atoms with E-state index in [1.807, 2.05) is 14.0 Å². The summed E-state index contributed by atoms with van der Waals surface area (Å²) in [6.07, 6.45) is 9.30. The number of methoxy groups -OCH3 is 1. The van der Waals surface area contributed by atoms with Crippen LogP contribution in [0.2, 0.25) is 0 Å². The summed E-state index contributed by atoms with van der Waals surface area (Å²) in [5.74, 6) is 3.28. The first-order valence-corrected chi connectivity index (χ1v) is 10.7. The lowest BCUT2D eigenvalue weighted by Gasteiger charge is -2.62. The second-order valence-electron chi connectivity index (χ2n) is 10.3. The highest BCUT2D eigenvalue weighted by molar-refractivity contribution is 5.13. The molecular formula is C22H38O3. The van der Waals surface area contributed by atoms with Gasteiger partial charge in [-0.25, -0.2) is 0 Å². The number of hydrogen-bond acceptors (Lipinski definition) is 3. The SMILES string of the molecule is CO[C@H]1CC2[C@@H](CC[C@H]3C[C@@H](O)CC[C@]23C)[C@@H]2CC[C@H](C(C)O)[C@@]12C. The van der Waals surface area contributed by atoms with Crippen LogP contribution in [0.15, 0.2) is 0 Å². The van der Waals surface area contributed by atoms with Gasteiger partial charge in [0.2, 0.25) is 0 Å². The van der Waals surface area contributed by atoms with Crippen LogP contribution in [0.25, 0.3) is 0 Å². The lowest BCUT2D eigenvalue weighted by molar-refractivity contribution is -0.186. The summed E-state index contributed by atoms with van der Waals surface area (Å²) in [7, 11) is 1.89. The van der Waals surface area contributed by atoms with Crippen molar-refractivity contribution in [1.29, 1.82) is 0 Å². The number of rotatable bonds is 2. The maximum absolute atomic E-state index is 10.4. The fourth-order valence-corrected chi connectivity index (χ4v) is 8.35. The van der Waals surface area contributed by atoms with Crippen LogP contribution in [0.3, 0.4) is 0 Å². The molecule has 0 radical (unpaired) electrons. The fraction of sp³-hybridized carbons (Fsp3) is 1.00. The normalized spacial score (nSPS) is 56.6. The summed E-state index contributed by atoms with van der Waals surface area (Å²) in [5, 5.41) is 20.6. The smallest absolute Gasteiger partial charge is 0.0634 e. The predicted molar refractivity (Wildman–Crippen MR) is 99.1 cm³/mol. The Labute approximate surface area is 153 Å². The van der Waals surface area contributed by atoms with Crippen LogP contribution in [-0.4, -0.2) is 35.6 Å². The first kappa shape index (κ1) is 18.3. The van der Waals surface area contributed by atoms with Crippen molar-refractivity contribution in [1.82, 2.24) is 0 Å². The van der Waals surface area contributed by atoms with Crippen molar-refractivity contribution in [2.24, 2.45) is 40.4 Å². The molecule has 4 aliphatic rings. The Morgan fingerprint density at radius 2 is 1.76 bits per heavy atom. The minimum absolute atomic E-state index is 0.0761. The Morgan fingerprint density at radius 3 is 2.44 bits per heavy atom. The van der Waals surface area contributed by atoms with Gasteiger partial charge in [0.05, 0.1) is 18.3 Å². The van der Waals surface area contributed by atoms with E-state index < -0.39 is 0 Å². The van der Waals surface area contributed by atoms with E-state index in [0.717, 1.165) is 37.5 Å². The van der Waals surface area contributed by atoms with Crippen molar-refractivity contribution in [3.8, 4) is 0 Å². The van der Waals surface area contributed by atoms with E-state index in [1.54, 1.807) is 0 Å². The van der Waals surface area contributed by atoms with Gasteiger partial charge in [0.15, 0.2) is 0 Å². The van der Waals surface area contributed by atoms with Crippen LogP contribution < -0.4 is 0 Å². The van der Waals surface area contributed by atoms with Gasteiger partial charge < -0.3 is 14.9 Å². The molecule has 4 fully saturated rings. The molecule has 2 unspecified atom stereocenters. The molecule has 2 N–H and O–H groups in total. The first-order chi connectivity index (χ1) is 11.8. The second-order valence-corrected chi connectivity index (χ2v) is 10.3. The van der Waals surface area contributed by atoms with Crippen LogP contribution >= 0.6 is 0 Å². The van der Waals surface area contributed by atoms with Gasteiger partial charge in [0.25, 0.3) is 0 Å². The van der Waals surface area contributed by atoms with E-state index in [9.17, 15) is 10.2 Å². The van der Waals surface area contributed by atoms with Crippen molar-refractivity contribution < 1.29 is 14.9 Å². The topological polar surface area (TPSA) is 49.7 Å². The quantitative estimate of drug-likeness (QED) is 0.791. The lowest BCUT2D eigenvalue weighted by atomic mass is 9.44. The highest BCUT2D eigenvalue weighted by Gasteiger charge is 2.64. The average molecular weight is 351 g/mol. The molecule has 3 nitrogen and oxygen atoms in total. The molecule has 0 saturated heterocycles. The second kappa shape index (κ2) is 6.21. The van der Waals surface area contributed by atoms with E-state index in [0.29, 0.717) is 23.2 Å². The molecule has 4 aliphatic carbocycles. The number of ether oxygens (including phenoxy) is 1. The molecule has 0 aromatic rings. The molecule has 0 aromatic carbocycles. The number of hydrogen-bond donors (Lipinski definition) is 2. The van der Waals surface area contributed by atoms with Crippen molar-refractivity contribution in [2.45, 2.75) is 90.4 Å². The highest BCUT2D eigenvalue weighted by atomic mass is 16.5. The standard InChI is InChI=1S/C22H38O3/c1-13(23)17-7-8-18-16-6-5-14-11-15(24)9-10-21(14,2)19(16)12-20(25-4)22(17,18)3/h13-20,23-24H,5-12H2,1-4H3/t13?,14-,15-,16-,17+,18-,19?,20-,21-,22+/m0/s1. The third-order valence-corrected chi connectivity index (χ3v) is 9.65. The zero-order valence-corrected chi connectivity index (χ0v) is 16.6. The highest BCUT2D eigenvalue weighted by Crippen LogP contribution is 2.68. The molecule has 4 rings (SSSR count). The van der Waals surface area contributed by atoms with E-state index in [2.05, 4.69) is 13.8 Å². The third kappa shape index (κ3) is 2.48. The molecule has 0 spiro atoms. The van der Waals surface area contributed by atoms with Crippen LogP contribution in [0, 0.1) is 40.4 Å². The number of fused-ring (bicyclic) bond motifs is 5. The maximum Gasteiger partial charge on any atom is 0.0634 e. The zero-order chi connectivity index (χ0) is 18.0. The Bertz CT molecular complexity index is 506. The molecule has 0 aromatic heterocycles. The Kier molecular flexibility index (Phi) is 4.53. The largest absolute Gasteiger partial charge is 0.393 e. The van der Waals surface area contributed by atoms with Gasteiger partial charge in [0.1, 0.15) is 0 Å². The van der Waals surface area contributed by atoms with Crippen LogP contribution in [-0.2, 0) is 4.74 Å². The minimum Gasteiger partial charge on any atom is -0.393 e. The Hall–Kier alpha value is -0.120. The molecule has 0 aliphatic heterocycles. The molecule has 0 heterocycles. The van der Waals surface area contributed by atoms with Gasteiger partial charge in [-0.3, -0.25) is 0 Å². The van der Waals surface area contributed by atoms with Gasteiger partial charge in [-0.1, -0.05) is 13.8 Å². The lowest BCUT2D eigenvalue weighted by Crippen LogP contribution is -2.59. The molecule has 4 saturated carbocycles. The van der Waals surface area contributed by atoms with Crippen molar-refractivity contribution in [3.63, 3.8) is 0 Å². The molecule has 144 valence electrons. The molecule has 0 amide bonds. The van der Waals surface area contributed by atoms with E-state index in [1.165, 1.54) is 25.7 Å². The van der Waals surface area contributed by atoms with Crippen LogP contribution in [0.1, 0.15) is 72.1 Å². The van der Waals surface area contributed by atoms with Crippen LogP contribution in [0.5, 0.6) is 0 Å². The predicted octanol–water partition coefficient (Wildman–Crippen LogP) is 4.01.